The molecule has 2 N–H and O–H groups in total. The highest BCUT2D eigenvalue weighted by molar-refractivity contribution is 5.63. The summed E-state index contributed by atoms with van der Waals surface area (Å²) in [6.45, 7) is 9.69. The standard InChI is InChI=1S/C9H11N.C2H6.H2/c1-3-8-6-7(2)4-5-9(8)10;1-2;/h3-6H,1,10H2,2H3;1-2H3;1H. The van der Waals surface area contributed by atoms with Gasteiger partial charge < -0.3 is 5.73 Å². The molecule has 0 aromatic heterocycles. The Morgan fingerprint density at radius 2 is 2.00 bits per heavy atom. The Kier molecular flexibility index (Phi) is 4.86. The normalized spacial score (nSPS) is 8.25. The zero-order chi connectivity index (χ0) is 9.56. The highest BCUT2D eigenvalue weighted by Gasteiger charge is 1.92. The molecule has 0 spiro atoms. The lowest BCUT2D eigenvalue weighted by molar-refractivity contribution is 1.46. The van der Waals surface area contributed by atoms with E-state index in [0.29, 0.717) is 0 Å². The highest BCUT2D eigenvalue weighted by atomic mass is 14.5. The fourth-order valence-electron chi connectivity index (χ4n) is 0.871. The van der Waals surface area contributed by atoms with Gasteiger partial charge in [0.1, 0.15) is 0 Å². The predicted octanol–water partition coefficient (Wildman–Crippen LogP) is 3.49. The zero-order valence-corrected chi connectivity index (χ0v) is 8.09. The van der Waals surface area contributed by atoms with Gasteiger partial charge in [0.25, 0.3) is 0 Å². The van der Waals surface area contributed by atoms with Crippen molar-refractivity contribution in [3.05, 3.63) is 35.9 Å². The number of anilines is 1. The first kappa shape index (κ1) is 10.8. The topological polar surface area (TPSA) is 26.0 Å². The molecule has 1 nitrogen and oxygen atoms in total. The number of hydrogen-bond donors (Lipinski definition) is 1. The van der Waals surface area contributed by atoms with Crippen molar-refractivity contribution in [2.45, 2.75) is 20.8 Å². The Bertz CT molecular complexity index is 256. The van der Waals surface area contributed by atoms with Gasteiger partial charge >= 0.3 is 0 Å². The van der Waals surface area contributed by atoms with E-state index in [2.05, 4.69) is 6.58 Å². The summed E-state index contributed by atoms with van der Waals surface area (Å²) in [5.41, 5.74) is 8.65. The summed E-state index contributed by atoms with van der Waals surface area (Å²) in [4.78, 5) is 0. The van der Waals surface area contributed by atoms with Gasteiger partial charge in [-0.25, -0.2) is 0 Å². The maximum atomic E-state index is 5.63. The van der Waals surface area contributed by atoms with E-state index < -0.39 is 0 Å². The number of rotatable bonds is 1. The number of nitrogen functional groups attached to an aromatic ring is 1. The Balaban J connectivity index is 0. The summed E-state index contributed by atoms with van der Waals surface area (Å²) in [5, 5.41) is 0. The number of nitrogens with two attached hydrogens (primary N) is 1. The molecule has 0 unspecified atom stereocenters. The van der Waals surface area contributed by atoms with Crippen LogP contribution in [0.25, 0.3) is 6.08 Å². The van der Waals surface area contributed by atoms with Crippen molar-refractivity contribution < 1.29 is 1.43 Å². The van der Waals surface area contributed by atoms with Crippen LogP contribution in [0.15, 0.2) is 24.8 Å². The first-order valence-corrected chi connectivity index (χ1v) is 4.22. The van der Waals surface area contributed by atoms with Crippen LogP contribution >= 0.6 is 0 Å². The van der Waals surface area contributed by atoms with E-state index in [1.54, 1.807) is 6.08 Å². The van der Waals surface area contributed by atoms with Crippen molar-refractivity contribution >= 4 is 11.8 Å². The summed E-state index contributed by atoms with van der Waals surface area (Å²) in [6, 6.07) is 5.90. The van der Waals surface area contributed by atoms with Crippen LogP contribution in [0.5, 0.6) is 0 Å². The quantitative estimate of drug-likeness (QED) is 0.633. The molecule has 1 heteroatoms. The molecule has 12 heavy (non-hydrogen) atoms. The summed E-state index contributed by atoms with van der Waals surface area (Å²) in [6.07, 6.45) is 1.77. The van der Waals surface area contributed by atoms with E-state index in [-0.39, 0.29) is 1.43 Å². The van der Waals surface area contributed by atoms with E-state index in [9.17, 15) is 0 Å². The van der Waals surface area contributed by atoms with Gasteiger partial charge in [0.15, 0.2) is 0 Å². The molecule has 0 heterocycles. The second kappa shape index (κ2) is 5.42. The second-order valence-corrected chi connectivity index (χ2v) is 2.34. The van der Waals surface area contributed by atoms with Crippen molar-refractivity contribution in [3.8, 4) is 0 Å². The molecule has 1 rings (SSSR count). The van der Waals surface area contributed by atoms with E-state index in [0.717, 1.165) is 11.3 Å². The first-order valence-electron chi connectivity index (χ1n) is 4.22. The second-order valence-electron chi connectivity index (χ2n) is 2.34. The average Bonchev–Trinajstić information content (AvgIpc) is 2.13. The Morgan fingerprint density at radius 1 is 1.42 bits per heavy atom. The molecule has 0 atom stereocenters. The van der Waals surface area contributed by atoms with Crippen molar-refractivity contribution in [2.24, 2.45) is 0 Å². The van der Waals surface area contributed by atoms with E-state index in [4.69, 9.17) is 5.73 Å². The van der Waals surface area contributed by atoms with E-state index >= 15 is 0 Å². The van der Waals surface area contributed by atoms with Gasteiger partial charge in [-0.15, -0.1) is 0 Å². The Hall–Kier alpha value is -1.24. The molecule has 68 valence electrons. The zero-order valence-electron chi connectivity index (χ0n) is 8.09. The van der Waals surface area contributed by atoms with Gasteiger partial charge in [-0.1, -0.05) is 38.1 Å². The summed E-state index contributed by atoms with van der Waals surface area (Å²) < 4.78 is 0. The van der Waals surface area contributed by atoms with Crippen LogP contribution in [0, 0.1) is 6.92 Å². The fraction of sp³-hybridized carbons (Fsp3) is 0.273. The predicted molar refractivity (Wildman–Crippen MR) is 59.1 cm³/mol. The maximum absolute atomic E-state index is 5.63. The third kappa shape index (κ3) is 2.79. The van der Waals surface area contributed by atoms with Crippen LogP contribution < -0.4 is 5.73 Å². The van der Waals surface area contributed by atoms with E-state index in [1.165, 1.54) is 5.56 Å². The van der Waals surface area contributed by atoms with Crippen LogP contribution in [-0.4, -0.2) is 0 Å². The van der Waals surface area contributed by atoms with Crippen molar-refractivity contribution in [1.82, 2.24) is 0 Å². The number of aryl methyl sites for hydroxylation is 1. The summed E-state index contributed by atoms with van der Waals surface area (Å²) >= 11 is 0. The van der Waals surface area contributed by atoms with Gasteiger partial charge in [-0.05, 0) is 24.6 Å². The molecule has 0 radical (unpaired) electrons. The summed E-state index contributed by atoms with van der Waals surface area (Å²) in [7, 11) is 0. The van der Waals surface area contributed by atoms with Crippen LogP contribution in [0.3, 0.4) is 0 Å². The SMILES string of the molecule is C=Cc1cc(C)ccc1N.CC.[HH]. The molecule has 0 aliphatic carbocycles. The molecular formula is C11H19N. The molecule has 0 amide bonds. The maximum Gasteiger partial charge on any atom is 0.0387 e. The Morgan fingerprint density at radius 3 is 2.42 bits per heavy atom. The lowest BCUT2D eigenvalue weighted by atomic mass is 10.1. The van der Waals surface area contributed by atoms with Crippen molar-refractivity contribution in [2.75, 3.05) is 5.73 Å². The van der Waals surface area contributed by atoms with Gasteiger partial charge in [-0.2, -0.15) is 0 Å². The van der Waals surface area contributed by atoms with Gasteiger partial charge in [-0.3, -0.25) is 0 Å². The third-order valence-corrected chi connectivity index (χ3v) is 1.46. The minimum atomic E-state index is 0. The van der Waals surface area contributed by atoms with Crippen molar-refractivity contribution in [3.63, 3.8) is 0 Å². The van der Waals surface area contributed by atoms with E-state index in [1.807, 2.05) is 39.0 Å². The van der Waals surface area contributed by atoms with Crippen LogP contribution in [0.1, 0.15) is 26.4 Å². The smallest absolute Gasteiger partial charge is 0.0387 e. The van der Waals surface area contributed by atoms with Gasteiger partial charge in [0.2, 0.25) is 0 Å². The fourth-order valence-corrected chi connectivity index (χ4v) is 0.871. The largest absolute Gasteiger partial charge is 0.398 e. The minimum absolute atomic E-state index is 0. The molecule has 0 saturated heterocycles. The molecule has 1 aromatic rings. The monoisotopic (exact) mass is 165 g/mol. The molecular weight excluding hydrogens is 146 g/mol. The van der Waals surface area contributed by atoms with Crippen LogP contribution in [0.2, 0.25) is 0 Å². The van der Waals surface area contributed by atoms with Crippen LogP contribution in [-0.2, 0) is 0 Å². The molecule has 0 aliphatic heterocycles. The molecule has 1 aromatic carbocycles. The third-order valence-electron chi connectivity index (χ3n) is 1.46. The number of benzene rings is 1. The molecule has 0 fully saturated rings. The molecule has 0 aliphatic rings. The highest BCUT2D eigenvalue weighted by Crippen LogP contribution is 2.13. The minimum Gasteiger partial charge on any atom is -0.398 e. The van der Waals surface area contributed by atoms with Crippen LogP contribution in [0.4, 0.5) is 5.69 Å². The lowest BCUT2D eigenvalue weighted by Gasteiger charge is -1.99. The summed E-state index contributed by atoms with van der Waals surface area (Å²) in [5.74, 6) is 0. The lowest BCUT2D eigenvalue weighted by Crippen LogP contribution is -1.88. The molecule has 0 saturated carbocycles. The Labute approximate surface area is 76.4 Å². The van der Waals surface area contributed by atoms with Gasteiger partial charge in [0, 0.05) is 7.11 Å². The molecule has 0 bridgehead atoms. The number of hydrogen-bond acceptors (Lipinski definition) is 1. The first-order chi connectivity index (χ1) is 5.74. The van der Waals surface area contributed by atoms with Gasteiger partial charge in [0.05, 0.1) is 0 Å². The average molecular weight is 165 g/mol. The van der Waals surface area contributed by atoms with Crippen molar-refractivity contribution in [1.29, 1.82) is 0 Å².